The molecular formula is C28H41N3O5S. The van der Waals surface area contributed by atoms with Crippen molar-refractivity contribution in [2.24, 2.45) is 0 Å². The number of anilines is 1. The van der Waals surface area contributed by atoms with Gasteiger partial charge < -0.3 is 15.0 Å². The number of benzene rings is 2. The standard InChI is InChI=1S/C28H41N3O5S/c1-8-25(27(33)29-28(3,4)5)30(20-22-13-17-24(36-6)18-14-22)26(32)10-9-19-31(37(7,34)35)23-15-11-21(2)12-16-23/h11-18,25H,8-10,19-20H2,1-7H3,(H,29,33)/t25-/m1/s1. The maximum Gasteiger partial charge on any atom is 0.243 e. The number of methoxy groups -OCH3 is 1. The number of nitrogens with zero attached hydrogens (tertiary/aromatic N) is 2. The van der Waals surface area contributed by atoms with Gasteiger partial charge >= 0.3 is 0 Å². The summed E-state index contributed by atoms with van der Waals surface area (Å²) in [6.07, 6.45) is 2.03. The lowest BCUT2D eigenvalue weighted by atomic mass is 10.0. The molecule has 2 aromatic rings. The molecule has 1 N–H and O–H groups in total. The summed E-state index contributed by atoms with van der Waals surface area (Å²) < 4.78 is 31.5. The van der Waals surface area contributed by atoms with Crippen molar-refractivity contribution in [1.29, 1.82) is 0 Å². The molecule has 0 aliphatic carbocycles. The molecule has 0 unspecified atom stereocenters. The minimum Gasteiger partial charge on any atom is -0.497 e. The third-order valence-electron chi connectivity index (χ3n) is 5.87. The van der Waals surface area contributed by atoms with Crippen LogP contribution in [0.5, 0.6) is 5.75 Å². The summed E-state index contributed by atoms with van der Waals surface area (Å²) in [4.78, 5) is 28.2. The molecule has 0 saturated heterocycles. The fourth-order valence-electron chi connectivity index (χ4n) is 4.01. The van der Waals surface area contributed by atoms with Gasteiger partial charge in [-0.05, 0) is 70.4 Å². The fourth-order valence-corrected chi connectivity index (χ4v) is 4.98. The summed E-state index contributed by atoms with van der Waals surface area (Å²) in [5, 5.41) is 2.99. The van der Waals surface area contributed by atoms with E-state index in [1.807, 2.05) is 71.0 Å². The van der Waals surface area contributed by atoms with E-state index in [1.54, 1.807) is 24.1 Å². The molecule has 1 atom stereocenters. The molecule has 0 aliphatic heterocycles. The highest BCUT2D eigenvalue weighted by molar-refractivity contribution is 7.92. The fraction of sp³-hybridized carbons (Fsp3) is 0.500. The highest BCUT2D eigenvalue weighted by atomic mass is 32.2. The number of carbonyl (C=O) groups excluding carboxylic acids is 2. The van der Waals surface area contributed by atoms with E-state index in [1.165, 1.54) is 4.31 Å². The third-order valence-corrected chi connectivity index (χ3v) is 7.06. The van der Waals surface area contributed by atoms with E-state index in [0.717, 1.165) is 17.4 Å². The SMILES string of the molecule is CC[C@H](C(=O)NC(C)(C)C)N(Cc1ccc(OC)cc1)C(=O)CCCN(c1ccc(C)cc1)S(C)(=O)=O. The zero-order valence-electron chi connectivity index (χ0n) is 23.1. The van der Waals surface area contributed by atoms with Crippen molar-refractivity contribution in [2.45, 2.75) is 72.0 Å². The number of aryl methyl sites for hydroxylation is 1. The average Bonchev–Trinajstić information content (AvgIpc) is 2.81. The van der Waals surface area contributed by atoms with Crippen LogP contribution < -0.4 is 14.4 Å². The number of nitrogens with one attached hydrogen (secondary N) is 1. The monoisotopic (exact) mass is 531 g/mol. The normalized spacial score (nSPS) is 12.5. The number of hydrogen-bond donors (Lipinski definition) is 1. The number of carbonyl (C=O) groups is 2. The van der Waals surface area contributed by atoms with Crippen molar-refractivity contribution in [1.82, 2.24) is 10.2 Å². The van der Waals surface area contributed by atoms with Gasteiger partial charge in [-0.2, -0.15) is 0 Å². The van der Waals surface area contributed by atoms with Gasteiger partial charge in [0.05, 0.1) is 19.1 Å². The second-order valence-corrected chi connectivity index (χ2v) is 12.2. The highest BCUT2D eigenvalue weighted by Crippen LogP contribution is 2.21. The van der Waals surface area contributed by atoms with Gasteiger partial charge in [-0.1, -0.05) is 36.8 Å². The van der Waals surface area contributed by atoms with Crippen LogP contribution in [0.3, 0.4) is 0 Å². The molecule has 0 heterocycles. The van der Waals surface area contributed by atoms with Crippen LogP contribution in [-0.4, -0.2) is 56.6 Å². The Morgan fingerprint density at radius 2 is 1.62 bits per heavy atom. The van der Waals surface area contributed by atoms with E-state index in [9.17, 15) is 18.0 Å². The lowest BCUT2D eigenvalue weighted by molar-refractivity contribution is -0.142. The van der Waals surface area contributed by atoms with Gasteiger partial charge in [-0.3, -0.25) is 13.9 Å². The van der Waals surface area contributed by atoms with Gasteiger partial charge in [-0.25, -0.2) is 8.42 Å². The average molecular weight is 532 g/mol. The van der Waals surface area contributed by atoms with E-state index in [2.05, 4.69) is 5.32 Å². The van der Waals surface area contributed by atoms with Crippen molar-refractivity contribution in [3.05, 3.63) is 59.7 Å². The first kappa shape index (κ1) is 30.2. The zero-order chi connectivity index (χ0) is 27.8. The van der Waals surface area contributed by atoms with Gasteiger partial charge in [0.1, 0.15) is 11.8 Å². The van der Waals surface area contributed by atoms with Crippen LogP contribution in [0.4, 0.5) is 5.69 Å². The van der Waals surface area contributed by atoms with Crippen LogP contribution in [0.25, 0.3) is 0 Å². The smallest absolute Gasteiger partial charge is 0.243 e. The molecule has 204 valence electrons. The molecule has 2 amide bonds. The van der Waals surface area contributed by atoms with Crippen molar-refractivity contribution in [2.75, 3.05) is 24.2 Å². The molecule has 0 spiro atoms. The topological polar surface area (TPSA) is 96.0 Å². The largest absolute Gasteiger partial charge is 0.497 e. The Morgan fingerprint density at radius 1 is 1.03 bits per heavy atom. The third kappa shape index (κ3) is 9.39. The molecule has 9 heteroatoms. The Balaban J connectivity index is 2.23. The predicted molar refractivity (Wildman–Crippen MR) is 148 cm³/mol. The van der Waals surface area contributed by atoms with Gasteiger partial charge in [0.2, 0.25) is 21.8 Å². The quantitative estimate of drug-likeness (QED) is 0.441. The molecule has 8 nitrogen and oxygen atoms in total. The molecule has 2 aromatic carbocycles. The van der Waals surface area contributed by atoms with E-state index in [4.69, 9.17) is 4.74 Å². The summed E-state index contributed by atoms with van der Waals surface area (Å²) >= 11 is 0. The van der Waals surface area contributed by atoms with Gasteiger partial charge in [0, 0.05) is 25.0 Å². The second kappa shape index (κ2) is 12.9. The van der Waals surface area contributed by atoms with E-state index in [0.29, 0.717) is 24.3 Å². The molecule has 0 aromatic heterocycles. The predicted octanol–water partition coefficient (Wildman–Crippen LogP) is 4.27. The van der Waals surface area contributed by atoms with Crippen LogP contribution in [0.2, 0.25) is 0 Å². The van der Waals surface area contributed by atoms with Crippen molar-refractivity contribution in [3.8, 4) is 5.75 Å². The first-order chi connectivity index (χ1) is 17.2. The van der Waals surface area contributed by atoms with Crippen LogP contribution in [0, 0.1) is 6.92 Å². The summed E-state index contributed by atoms with van der Waals surface area (Å²) in [7, 11) is -1.94. The maximum atomic E-state index is 13.5. The Hall–Kier alpha value is -3.07. The summed E-state index contributed by atoms with van der Waals surface area (Å²) in [6.45, 7) is 9.94. The Bertz CT molecular complexity index is 1140. The van der Waals surface area contributed by atoms with Crippen LogP contribution in [0.1, 0.15) is 58.1 Å². The number of amides is 2. The minimum absolute atomic E-state index is 0.104. The molecule has 0 saturated carbocycles. The minimum atomic E-state index is -3.53. The number of ether oxygens (including phenoxy) is 1. The maximum absolute atomic E-state index is 13.5. The van der Waals surface area contributed by atoms with Crippen LogP contribution >= 0.6 is 0 Å². The Morgan fingerprint density at radius 3 is 2.11 bits per heavy atom. The van der Waals surface area contributed by atoms with Gasteiger partial charge in [0.15, 0.2) is 0 Å². The molecule has 0 bridgehead atoms. The Kier molecular flexibility index (Phi) is 10.5. The van der Waals surface area contributed by atoms with E-state index >= 15 is 0 Å². The molecule has 2 rings (SSSR count). The molecule has 0 fully saturated rings. The molecule has 0 aliphatic rings. The molecule has 37 heavy (non-hydrogen) atoms. The molecule has 0 radical (unpaired) electrons. The second-order valence-electron chi connectivity index (χ2n) is 10.3. The van der Waals surface area contributed by atoms with Crippen molar-refractivity contribution < 1.29 is 22.7 Å². The number of sulfonamides is 1. The van der Waals surface area contributed by atoms with Gasteiger partial charge in [-0.15, -0.1) is 0 Å². The van der Waals surface area contributed by atoms with Crippen molar-refractivity contribution >= 4 is 27.5 Å². The van der Waals surface area contributed by atoms with Crippen molar-refractivity contribution in [3.63, 3.8) is 0 Å². The number of hydrogen-bond acceptors (Lipinski definition) is 5. The summed E-state index contributed by atoms with van der Waals surface area (Å²) in [5.74, 6) is 0.287. The van der Waals surface area contributed by atoms with E-state index < -0.39 is 21.6 Å². The first-order valence-corrected chi connectivity index (χ1v) is 14.4. The first-order valence-electron chi connectivity index (χ1n) is 12.5. The number of rotatable bonds is 12. The van der Waals surface area contributed by atoms with Crippen LogP contribution in [-0.2, 0) is 26.2 Å². The van der Waals surface area contributed by atoms with E-state index in [-0.39, 0.29) is 31.3 Å². The van der Waals surface area contributed by atoms with Crippen LogP contribution in [0.15, 0.2) is 48.5 Å². The lowest BCUT2D eigenvalue weighted by Crippen LogP contribution is -2.53. The zero-order valence-corrected chi connectivity index (χ0v) is 23.9. The van der Waals surface area contributed by atoms with Gasteiger partial charge in [0.25, 0.3) is 0 Å². The summed E-state index contributed by atoms with van der Waals surface area (Å²) in [5.41, 5.74) is 2.02. The highest BCUT2D eigenvalue weighted by Gasteiger charge is 2.30. The summed E-state index contributed by atoms with van der Waals surface area (Å²) in [6, 6.07) is 14.0. The Labute approximate surface area is 222 Å². The lowest BCUT2D eigenvalue weighted by Gasteiger charge is -2.33. The molecular weight excluding hydrogens is 490 g/mol.